The summed E-state index contributed by atoms with van der Waals surface area (Å²) < 4.78 is 1.93. The molecule has 0 bridgehead atoms. The van der Waals surface area contributed by atoms with Gasteiger partial charge in [0, 0.05) is 13.3 Å². The second kappa shape index (κ2) is 2.46. The van der Waals surface area contributed by atoms with Crippen molar-refractivity contribution in [2.75, 3.05) is 13.3 Å². The quantitative estimate of drug-likeness (QED) is 0.571. The van der Waals surface area contributed by atoms with Crippen LogP contribution in [0.15, 0.2) is 24.8 Å². The molecule has 1 rings (SSSR count). The van der Waals surface area contributed by atoms with E-state index in [1.807, 2.05) is 22.6 Å². The Balaban J connectivity index is 2.74. The Kier molecular flexibility index (Phi) is 1.80. The molecule has 1 aliphatic heterocycles. The minimum atomic E-state index is 0.861. The standard InChI is InChI=1S/C6H11N3S/c1-5-7-8(3)6(2)9(5)10-4/h7H,1-2H2,3-4H3. The largest absolute Gasteiger partial charge is 0.282 e. The number of rotatable bonds is 1. The summed E-state index contributed by atoms with van der Waals surface area (Å²) in [7, 11) is 1.91. The van der Waals surface area contributed by atoms with Crippen molar-refractivity contribution in [3.63, 3.8) is 0 Å². The van der Waals surface area contributed by atoms with Crippen LogP contribution < -0.4 is 5.43 Å². The molecule has 3 nitrogen and oxygen atoms in total. The molecular weight excluding hydrogens is 146 g/mol. The van der Waals surface area contributed by atoms with Crippen LogP contribution in [-0.4, -0.2) is 22.6 Å². The number of nitrogens with one attached hydrogen (secondary N) is 1. The number of hydrazine groups is 1. The number of nitrogens with zero attached hydrogens (tertiary/aromatic N) is 2. The highest BCUT2D eigenvalue weighted by molar-refractivity contribution is 7.96. The van der Waals surface area contributed by atoms with Crippen molar-refractivity contribution < 1.29 is 0 Å². The number of hydrogen-bond donors (Lipinski definition) is 1. The summed E-state index contributed by atoms with van der Waals surface area (Å²) in [5, 5.41) is 1.83. The summed E-state index contributed by atoms with van der Waals surface area (Å²) in [6.07, 6.45) is 1.98. The minimum Gasteiger partial charge on any atom is -0.282 e. The first-order chi connectivity index (χ1) is 4.66. The Morgan fingerprint density at radius 1 is 1.50 bits per heavy atom. The van der Waals surface area contributed by atoms with E-state index in [4.69, 9.17) is 0 Å². The van der Waals surface area contributed by atoms with Crippen LogP contribution in [0.4, 0.5) is 0 Å². The summed E-state index contributed by atoms with van der Waals surface area (Å²) in [6, 6.07) is 0. The highest BCUT2D eigenvalue weighted by atomic mass is 32.2. The van der Waals surface area contributed by atoms with Gasteiger partial charge in [-0.2, -0.15) is 0 Å². The minimum absolute atomic E-state index is 0.861. The van der Waals surface area contributed by atoms with Crippen LogP contribution in [0.25, 0.3) is 0 Å². The Morgan fingerprint density at radius 3 is 2.30 bits per heavy atom. The van der Waals surface area contributed by atoms with E-state index >= 15 is 0 Å². The number of hydrogen-bond acceptors (Lipinski definition) is 4. The van der Waals surface area contributed by atoms with Crippen LogP contribution in [0.1, 0.15) is 0 Å². The van der Waals surface area contributed by atoms with Gasteiger partial charge in [0.25, 0.3) is 0 Å². The summed E-state index contributed by atoms with van der Waals surface area (Å²) >= 11 is 1.58. The van der Waals surface area contributed by atoms with Crippen molar-refractivity contribution in [1.29, 1.82) is 0 Å². The lowest BCUT2D eigenvalue weighted by molar-refractivity contribution is 0.378. The molecule has 0 unspecified atom stereocenters. The summed E-state index contributed by atoms with van der Waals surface area (Å²) in [5.74, 6) is 1.78. The molecule has 1 aliphatic rings. The third-order valence-electron chi connectivity index (χ3n) is 1.35. The smallest absolute Gasteiger partial charge is 0.131 e. The van der Waals surface area contributed by atoms with Crippen LogP contribution in [0.2, 0.25) is 0 Å². The van der Waals surface area contributed by atoms with Crippen molar-refractivity contribution in [2.24, 2.45) is 0 Å². The Bertz CT molecular complexity index is 178. The first-order valence-electron chi connectivity index (χ1n) is 2.89. The molecule has 0 atom stereocenters. The van der Waals surface area contributed by atoms with Gasteiger partial charge in [0.2, 0.25) is 0 Å². The molecule has 0 aromatic carbocycles. The zero-order valence-corrected chi connectivity index (χ0v) is 7.03. The topological polar surface area (TPSA) is 18.5 Å². The van der Waals surface area contributed by atoms with Crippen molar-refractivity contribution in [3.05, 3.63) is 24.8 Å². The first kappa shape index (κ1) is 7.34. The zero-order valence-electron chi connectivity index (χ0n) is 6.22. The fourth-order valence-electron chi connectivity index (χ4n) is 0.811. The highest BCUT2D eigenvalue weighted by Gasteiger charge is 2.21. The van der Waals surface area contributed by atoms with Gasteiger partial charge in [0.1, 0.15) is 11.6 Å². The summed E-state index contributed by atoms with van der Waals surface area (Å²) in [5.41, 5.74) is 3.01. The van der Waals surface area contributed by atoms with E-state index < -0.39 is 0 Å². The maximum Gasteiger partial charge on any atom is 0.131 e. The van der Waals surface area contributed by atoms with Crippen molar-refractivity contribution in [3.8, 4) is 0 Å². The molecule has 56 valence electrons. The van der Waals surface area contributed by atoms with E-state index in [2.05, 4.69) is 18.6 Å². The molecule has 0 radical (unpaired) electrons. The molecule has 0 amide bonds. The van der Waals surface area contributed by atoms with Gasteiger partial charge in [-0.15, -0.1) is 0 Å². The lowest BCUT2D eigenvalue weighted by Gasteiger charge is -2.13. The van der Waals surface area contributed by atoms with Gasteiger partial charge < -0.3 is 0 Å². The fourth-order valence-corrected chi connectivity index (χ4v) is 1.41. The maximum absolute atomic E-state index is 3.85. The van der Waals surface area contributed by atoms with Crippen molar-refractivity contribution in [2.45, 2.75) is 0 Å². The van der Waals surface area contributed by atoms with Gasteiger partial charge >= 0.3 is 0 Å². The highest BCUT2D eigenvalue weighted by Crippen LogP contribution is 2.24. The monoisotopic (exact) mass is 157 g/mol. The predicted octanol–water partition coefficient (Wildman–Crippen LogP) is 0.959. The van der Waals surface area contributed by atoms with E-state index in [0.29, 0.717) is 0 Å². The van der Waals surface area contributed by atoms with Gasteiger partial charge in [0.15, 0.2) is 0 Å². The van der Waals surface area contributed by atoms with Gasteiger partial charge in [-0.1, -0.05) is 13.2 Å². The van der Waals surface area contributed by atoms with E-state index in [-0.39, 0.29) is 0 Å². The molecule has 0 spiro atoms. The van der Waals surface area contributed by atoms with E-state index in [0.717, 1.165) is 11.6 Å². The normalized spacial score (nSPS) is 18.2. The van der Waals surface area contributed by atoms with Crippen LogP contribution >= 0.6 is 11.9 Å². The van der Waals surface area contributed by atoms with Crippen LogP contribution in [0.5, 0.6) is 0 Å². The van der Waals surface area contributed by atoms with Crippen molar-refractivity contribution >= 4 is 11.9 Å². The first-order valence-corrected chi connectivity index (χ1v) is 4.07. The Hall–Kier alpha value is -0.770. The van der Waals surface area contributed by atoms with Gasteiger partial charge in [-0.3, -0.25) is 14.7 Å². The SMILES string of the molecule is C=C1NN(C)C(=C)N1SC. The molecule has 0 aliphatic carbocycles. The molecule has 1 saturated heterocycles. The molecule has 4 heteroatoms. The third-order valence-corrected chi connectivity index (χ3v) is 2.14. The van der Waals surface area contributed by atoms with Crippen LogP contribution in [-0.2, 0) is 0 Å². The van der Waals surface area contributed by atoms with E-state index in [9.17, 15) is 0 Å². The molecule has 0 aromatic rings. The van der Waals surface area contributed by atoms with Gasteiger partial charge in [-0.25, -0.2) is 0 Å². The van der Waals surface area contributed by atoms with Crippen LogP contribution in [0.3, 0.4) is 0 Å². The van der Waals surface area contributed by atoms with Crippen molar-refractivity contribution in [1.82, 2.24) is 14.7 Å². The summed E-state index contributed by atoms with van der Waals surface area (Å²) in [4.78, 5) is 0. The van der Waals surface area contributed by atoms with Gasteiger partial charge in [-0.05, 0) is 11.9 Å². The molecule has 1 N–H and O–H groups in total. The lowest BCUT2D eigenvalue weighted by atomic mass is 10.7. The predicted molar refractivity (Wildman–Crippen MR) is 44.5 cm³/mol. The average Bonchev–Trinajstić information content (AvgIpc) is 2.09. The second-order valence-electron chi connectivity index (χ2n) is 2.01. The Labute approximate surface area is 65.5 Å². The second-order valence-corrected chi connectivity index (χ2v) is 2.74. The molecule has 1 heterocycles. The van der Waals surface area contributed by atoms with Crippen LogP contribution in [0, 0.1) is 0 Å². The Morgan fingerprint density at radius 2 is 2.10 bits per heavy atom. The molecule has 10 heavy (non-hydrogen) atoms. The lowest BCUT2D eigenvalue weighted by Crippen LogP contribution is -2.22. The summed E-state index contributed by atoms with van der Waals surface area (Å²) in [6.45, 7) is 7.64. The van der Waals surface area contributed by atoms with E-state index in [1.54, 1.807) is 11.9 Å². The molecule has 1 fully saturated rings. The zero-order chi connectivity index (χ0) is 7.72. The third kappa shape index (κ3) is 0.945. The molecular formula is C6H11N3S. The maximum atomic E-state index is 3.85. The average molecular weight is 157 g/mol. The fraction of sp³-hybridized carbons (Fsp3) is 0.333. The van der Waals surface area contributed by atoms with E-state index in [1.165, 1.54) is 0 Å². The molecule has 0 aromatic heterocycles. The molecule has 0 saturated carbocycles. The van der Waals surface area contributed by atoms with Gasteiger partial charge in [0.05, 0.1) is 0 Å².